The second kappa shape index (κ2) is 10.5. The summed E-state index contributed by atoms with van der Waals surface area (Å²) >= 11 is 0. The first-order chi connectivity index (χ1) is 19.9. The molecule has 2 aromatic carbocycles. The lowest BCUT2D eigenvalue weighted by Gasteiger charge is -2.33. The van der Waals surface area contributed by atoms with Gasteiger partial charge in [-0.05, 0) is 73.2 Å². The SMILES string of the molecule is CO[C@H]1C[C@@H](c2ccc3cc(CN4CC[C@H](Oc5ccc6c(c5)CN(C5CCC(=O)NC5=O)C6=O)C4)ccc3n2)C1. The third kappa shape index (κ3) is 5.08. The minimum absolute atomic E-state index is 0.0690. The Balaban J connectivity index is 0.952. The van der Waals surface area contributed by atoms with Crippen LogP contribution in [0, 0.1) is 0 Å². The van der Waals surface area contributed by atoms with E-state index in [1.165, 1.54) is 10.9 Å². The number of imide groups is 1. The highest BCUT2D eigenvalue weighted by Gasteiger charge is 2.39. The fraction of sp³-hybridized carbons (Fsp3) is 0.438. The Morgan fingerprint density at radius 2 is 1.88 bits per heavy atom. The van der Waals surface area contributed by atoms with Gasteiger partial charge in [-0.3, -0.25) is 29.6 Å². The van der Waals surface area contributed by atoms with Crippen molar-refractivity contribution in [2.75, 3.05) is 20.2 Å². The molecule has 3 aliphatic heterocycles. The van der Waals surface area contributed by atoms with Crippen LogP contribution in [-0.4, -0.2) is 71.0 Å². The Kier molecular flexibility index (Phi) is 6.71. The van der Waals surface area contributed by atoms with Crippen molar-refractivity contribution in [2.45, 2.75) is 69.4 Å². The number of carbonyl (C=O) groups excluding carboxylic acids is 3. The summed E-state index contributed by atoms with van der Waals surface area (Å²) in [4.78, 5) is 45.7. The average molecular weight is 555 g/mol. The number of rotatable bonds is 7. The quantitative estimate of drug-likeness (QED) is 0.446. The number of hydrogen-bond donors (Lipinski definition) is 1. The van der Waals surface area contributed by atoms with E-state index in [4.69, 9.17) is 14.5 Å². The number of hydrogen-bond acceptors (Lipinski definition) is 7. The zero-order valence-electron chi connectivity index (χ0n) is 23.2. The van der Waals surface area contributed by atoms with Crippen LogP contribution in [0.15, 0.2) is 48.5 Å². The largest absolute Gasteiger partial charge is 0.489 e. The number of aromatic nitrogens is 1. The van der Waals surface area contributed by atoms with E-state index in [1.807, 2.05) is 12.1 Å². The van der Waals surface area contributed by atoms with E-state index in [-0.39, 0.29) is 24.3 Å². The van der Waals surface area contributed by atoms with Crippen molar-refractivity contribution in [3.63, 3.8) is 0 Å². The Morgan fingerprint density at radius 3 is 2.71 bits per heavy atom. The van der Waals surface area contributed by atoms with Crippen LogP contribution in [-0.2, 0) is 27.4 Å². The Hall–Kier alpha value is -3.82. The number of nitrogens with zero attached hydrogens (tertiary/aromatic N) is 3. The molecule has 1 unspecified atom stereocenters. The number of methoxy groups -OCH3 is 1. The predicted molar refractivity (Wildman–Crippen MR) is 151 cm³/mol. The number of pyridine rings is 1. The van der Waals surface area contributed by atoms with Crippen LogP contribution in [0.25, 0.3) is 10.9 Å². The summed E-state index contributed by atoms with van der Waals surface area (Å²) < 4.78 is 11.8. The summed E-state index contributed by atoms with van der Waals surface area (Å²) in [5, 5.41) is 3.52. The average Bonchev–Trinajstić information content (AvgIpc) is 3.51. The van der Waals surface area contributed by atoms with Gasteiger partial charge in [0, 0.05) is 62.3 Å². The summed E-state index contributed by atoms with van der Waals surface area (Å²) in [5.41, 5.74) is 4.93. The van der Waals surface area contributed by atoms with Gasteiger partial charge in [-0.15, -0.1) is 0 Å². The maximum atomic E-state index is 13.0. The van der Waals surface area contributed by atoms with Crippen LogP contribution in [0.3, 0.4) is 0 Å². The number of piperidine rings is 1. The summed E-state index contributed by atoms with van der Waals surface area (Å²) in [6, 6.07) is 15.9. The van der Waals surface area contributed by atoms with E-state index in [0.717, 1.165) is 61.4 Å². The molecule has 4 aliphatic rings. The predicted octanol–water partition coefficient (Wildman–Crippen LogP) is 3.54. The number of likely N-dealkylation sites (tertiary alicyclic amines) is 1. The van der Waals surface area contributed by atoms with Crippen LogP contribution >= 0.6 is 0 Å². The fourth-order valence-electron chi connectivity index (χ4n) is 6.63. The van der Waals surface area contributed by atoms with E-state index in [1.54, 1.807) is 18.1 Å². The van der Waals surface area contributed by atoms with Crippen molar-refractivity contribution in [3.8, 4) is 5.75 Å². The Labute approximate surface area is 238 Å². The topological polar surface area (TPSA) is 101 Å². The number of benzene rings is 2. The lowest BCUT2D eigenvalue weighted by molar-refractivity contribution is -0.136. The van der Waals surface area contributed by atoms with Gasteiger partial charge in [0.25, 0.3) is 5.91 Å². The minimum Gasteiger partial charge on any atom is -0.489 e. The molecule has 3 aromatic rings. The summed E-state index contributed by atoms with van der Waals surface area (Å²) in [6.07, 6.45) is 4.08. The molecule has 3 fully saturated rings. The molecule has 1 N–H and O–H groups in total. The van der Waals surface area contributed by atoms with Crippen LogP contribution in [0.5, 0.6) is 5.75 Å². The summed E-state index contributed by atoms with van der Waals surface area (Å²) in [6.45, 7) is 2.99. The molecule has 41 heavy (non-hydrogen) atoms. The molecule has 1 aliphatic carbocycles. The molecular formula is C32H34N4O5. The van der Waals surface area contributed by atoms with E-state index < -0.39 is 11.9 Å². The van der Waals surface area contributed by atoms with Gasteiger partial charge in [-0.25, -0.2) is 0 Å². The summed E-state index contributed by atoms with van der Waals surface area (Å²) in [5.74, 6) is 0.392. The second-order valence-corrected chi connectivity index (χ2v) is 11.8. The van der Waals surface area contributed by atoms with Gasteiger partial charge in [0.2, 0.25) is 11.8 Å². The van der Waals surface area contributed by atoms with Crippen LogP contribution in [0.1, 0.15) is 65.2 Å². The molecule has 7 rings (SSSR count). The first-order valence-electron chi connectivity index (χ1n) is 14.5. The third-order valence-corrected chi connectivity index (χ3v) is 9.05. The third-order valence-electron chi connectivity index (χ3n) is 9.05. The highest BCUT2D eigenvalue weighted by molar-refractivity contribution is 6.05. The smallest absolute Gasteiger partial charge is 0.255 e. The molecule has 2 atom stereocenters. The van der Waals surface area contributed by atoms with Crippen LogP contribution in [0.4, 0.5) is 0 Å². The minimum atomic E-state index is -0.611. The molecule has 0 bridgehead atoms. The number of amides is 3. The monoisotopic (exact) mass is 554 g/mol. The van der Waals surface area contributed by atoms with Crippen molar-refractivity contribution < 1.29 is 23.9 Å². The van der Waals surface area contributed by atoms with Gasteiger partial charge in [-0.2, -0.15) is 0 Å². The molecule has 2 saturated heterocycles. The van der Waals surface area contributed by atoms with Crippen molar-refractivity contribution in [1.29, 1.82) is 0 Å². The normalized spacial score (nSPS) is 26.3. The number of fused-ring (bicyclic) bond motifs is 2. The van der Waals surface area contributed by atoms with Crippen molar-refractivity contribution in [2.24, 2.45) is 0 Å². The molecule has 9 heteroatoms. The zero-order chi connectivity index (χ0) is 28.1. The van der Waals surface area contributed by atoms with E-state index >= 15 is 0 Å². The van der Waals surface area contributed by atoms with E-state index in [0.29, 0.717) is 30.6 Å². The van der Waals surface area contributed by atoms with Gasteiger partial charge in [-0.1, -0.05) is 12.1 Å². The van der Waals surface area contributed by atoms with Crippen molar-refractivity contribution in [1.82, 2.24) is 20.1 Å². The van der Waals surface area contributed by atoms with Gasteiger partial charge in [0.05, 0.1) is 11.6 Å². The van der Waals surface area contributed by atoms with E-state index in [2.05, 4.69) is 40.5 Å². The molecule has 0 spiro atoms. The van der Waals surface area contributed by atoms with Crippen molar-refractivity contribution in [3.05, 3.63) is 70.9 Å². The highest BCUT2D eigenvalue weighted by Crippen LogP contribution is 2.38. The molecule has 212 valence electrons. The number of nitrogens with one attached hydrogen (secondary N) is 1. The Bertz CT molecular complexity index is 1530. The van der Waals surface area contributed by atoms with Crippen LogP contribution < -0.4 is 10.1 Å². The number of carbonyl (C=O) groups is 3. The lowest BCUT2D eigenvalue weighted by Crippen LogP contribution is -2.52. The molecule has 1 aromatic heterocycles. The van der Waals surface area contributed by atoms with Gasteiger partial charge in [0.1, 0.15) is 17.9 Å². The molecule has 9 nitrogen and oxygen atoms in total. The van der Waals surface area contributed by atoms with Crippen LogP contribution in [0.2, 0.25) is 0 Å². The first kappa shape index (κ1) is 26.1. The molecule has 4 heterocycles. The second-order valence-electron chi connectivity index (χ2n) is 11.8. The highest BCUT2D eigenvalue weighted by atomic mass is 16.5. The van der Waals surface area contributed by atoms with Gasteiger partial charge < -0.3 is 14.4 Å². The Morgan fingerprint density at radius 1 is 1.00 bits per heavy atom. The first-order valence-corrected chi connectivity index (χ1v) is 14.5. The molecule has 1 saturated carbocycles. The molecular weight excluding hydrogens is 520 g/mol. The zero-order valence-corrected chi connectivity index (χ0v) is 23.2. The fourth-order valence-corrected chi connectivity index (χ4v) is 6.63. The van der Waals surface area contributed by atoms with Gasteiger partial charge in [0.15, 0.2) is 0 Å². The molecule has 0 radical (unpaired) electrons. The van der Waals surface area contributed by atoms with E-state index in [9.17, 15) is 14.4 Å². The standard InChI is InChI=1S/C32H34N4O5/c1-40-25-13-21(14-25)28-7-3-20-12-19(2-6-27(20)33-28)16-35-11-10-24(18-35)41-23-4-5-26-22(15-23)17-36(32(26)39)29-8-9-30(37)34-31(29)38/h2-7,12,15,21,24-25,29H,8-11,13-14,16-18H2,1H3,(H,34,37,38)/t21-,24-,25+,29?/m0/s1. The van der Waals surface area contributed by atoms with Gasteiger partial charge >= 0.3 is 0 Å². The molecule has 3 amide bonds. The maximum Gasteiger partial charge on any atom is 0.255 e. The lowest BCUT2D eigenvalue weighted by atomic mass is 9.79. The maximum absolute atomic E-state index is 13.0. The summed E-state index contributed by atoms with van der Waals surface area (Å²) in [7, 11) is 1.78. The van der Waals surface area contributed by atoms with Crippen molar-refractivity contribution >= 4 is 28.6 Å². The number of ether oxygens (including phenoxy) is 2.